The van der Waals surface area contributed by atoms with Gasteiger partial charge in [-0.1, -0.05) is 12.2 Å². The fourth-order valence-electron chi connectivity index (χ4n) is 3.59. The third kappa shape index (κ3) is 2.45. The summed E-state index contributed by atoms with van der Waals surface area (Å²) in [7, 11) is 0. The van der Waals surface area contributed by atoms with Gasteiger partial charge in [0.25, 0.3) is 0 Å². The summed E-state index contributed by atoms with van der Waals surface area (Å²) in [5, 5.41) is 11.3. The van der Waals surface area contributed by atoms with Gasteiger partial charge in [0, 0.05) is 13.1 Å². The third-order valence-electron chi connectivity index (χ3n) is 4.62. The zero-order chi connectivity index (χ0) is 14.1. The summed E-state index contributed by atoms with van der Waals surface area (Å²) in [6, 6.07) is 0. The summed E-state index contributed by atoms with van der Waals surface area (Å²) in [5.41, 5.74) is 2.88. The highest BCUT2D eigenvalue weighted by Crippen LogP contribution is 2.45. The predicted octanol–water partition coefficient (Wildman–Crippen LogP) is 0.263. The van der Waals surface area contributed by atoms with Crippen LogP contribution in [-0.4, -0.2) is 48.3 Å². The van der Waals surface area contributed by atoms with Crippen LogP contribution in [0.5, 0.6) is 0 Å². The van der Waals surface area contributed by atoms with Gasteiger partial charge in [0.1, 0.15) is 0 Å². The van der Waals surface area contributed by atoms with Gasteiger partial charge >= 0.3 is 5.97 Å². The Labute approximate surface area is 117 Å². The molecule has 0 spiro atoms. The fourth-order valence-corrected chi connectivity index (χ4v) is 3.59. The van der Waals surface area contributed by atoms with E-state index in [0.29, 0.717) is 26.3 Å². The minimum absolute atomic E-state index is 0.00191. The Balaban J connectivity index is 1.71. The quantitative estimate of drug-likeness (QED) is 0.725. The van der Waals surface area contributed by atoms with Crippen LogP contribution in [-0.2, 0) is 14.3 Å². The monoisotopic (exact) mass is 280 g/mol. The Morgan fingerprint density at radius 2 is 1.70 bits per heavy atom. The first-order valence-electron chi connectivity index (χ1n) is 7.21. The number of carbonyl (C=O) groups is 2. The second-order valence-electron chi connectivity index (χ2n) is 5.76. The van der Waals surface area contributed by atoms with Crippen LogP contribution in [0.25, 0.3) is 0 Å². The molecule has 4 aliphatic rings. The SMILES string of the molecule is O=C(O)[C@@H]1[C@@H](C(=O)NN2CCOCC2)[C@H]2C=C[C@@H]1CC2. The zero-order valence-electron chi connectivity index (χ0n) is 11.3. The molecule has 3 aliphatic carbocycles. The molecule has 0 aromatic carbocycles. The van der Waals surface area contributed by atoms with Gasteiger partial charge in [-0.15, -0.1) is 0 Å². The maximum absolute atomic E-state index is 12.5. The maximum Gasteiger partial charge on any atom is 0.307 e. The van der Waals surface area contributed by atoms with Crippen molar-refractivity contribution in [2.24, 2.45) is 23.7 Å². The minimum atomic E-state index is -0.855. The van der Waals surface area contributed by atoms with Gasteiger partial charge < -0.3 is 9.84 Å². The number of allylic oxidation sites excluding steroid dienone is 2. The molecule has 2 bridgehead atoms. The molecule has 1 aliphatic heterocycles. The number of nitrogens with one attached hydrogen (secondary N) is 1. The molecule has 110 valence electrons. The van der Waals surface area contributed by atoms with E-state index in [1.807, 2.05) is 17.2 Å². The van der Waals surface area contributed by atoms with Crippen molar-refractivity contribution in [2.75, 3.05) is 26.3 Å². The van der Waals surface area contributed by atoms with E-state index < -0.39 is 17.8 Å². The van der Waals surface area contributed by atoms with E-state index in [1.54, 1.807) is 0 Å². The van der Waals surface area contributed by atoms with E-state index >= 15 is 0 Å². The van der Waals surface area contributed by atoms with Crippen LogP contribution in [0.1, 0.15) is 12.8 Å². The van der Waals surface area contributed by atoms with Crippen molar-refractivity contribution in [1.29, 1.82) is 0 Å². The van der Waals surface area contributed by atoms with Gasteiger partial charge in [0.05, 0.1) is 25.0 Å². The number of morpholine rings is 1. The molecular weight excluding hydrogens is 260 g/mol. The van der Waals surface area contributed by atoms with E-state index in [4.69, 9.17) is 4.74 Å². The van der Waals surface area contributed by atoms with Crippen molar-refractivity contribution in [3.05, 3.63) is 12.2 Å². The van der Waals surface area contributed by atoms with E-state index in [9.17, 15) is 14.7 Å². The van der Waals surface area contributed by atoms with Crippen LogP contribution in [0, 0.1) is 23.7 Å². The molecule has 0 aromatic rings. The Bertz CT molecular complexity index is 431. The van der Waals surface area contributed by atoms with Gasteiger partial charge in [-0.3, -0.25) is 15.0 Å². The lowest BCUT2D eigenvalue weighted by Crippen LogP contribution is -2.55. The van der Waals surface area contributed by atoms with Crippen LogP contribution in [0.15, 0.2) is 12.2 Å². The number of rotatable bonds is 3. The molecule has 4 rings (SSSR count). The molecule has 1 heterocycles. The smallest absolute Gasteiger partial charge is 0.307 e. The van der Waals surface area contributed by atoms with Crippen molar-refractivity contribution in [3.63, 3.8) is 0 Å². The van der Waals surface area contributed by atoms with Crippen LogP contribution < -0.4 is 5.43 Å². The standard InChI is InChI=1S/C14H20N2O4/c17-13(15-16-5-7-20-8-6-16)11-9-1-3-10(4-2-9)12(11)14(18)19/h1,3,9-12H,2,4-8H2,(H,15,17)(H,18,19)/t9-,10+,11-,12-/m0/s1. The molecular formula is C14H20N2O4. The maximum atomic E-state index is 12.5. The Morgan fingerprint density at radius 3 is 2.25 bits per heavy atom. The Kier molecular flexibility index (Phi) is 3.76. The van der Waals surface area contributed by atoms with Crippen molar-refractivity contribution in [1.82, 2.24) is 10.4 Å². The van der Waals surface area contributed by atoms with Crippen LogP contribution >= 0.6 is 0 Å². The Hall–Kier alpha value is -1.40. The third-order valence-corrected chi connectivity index (χ3v) is 4.62. The number of aliphatic carboxylic acids is 1. The van der Waals surface area contributed by atoms with Gasteiger partial charge in [-0.2, -0.15) is 0 Å². The molecule has 0 radical (unpaired) electrons. The van der Waals surface area contributed by atoms with Gasteiger partial charge in [0.15, 0.2) is 0 Å². The fraction of sp³-hybridized carbons (Fsp3) is 0.714. The molecule has 2 fully saturated rings. The predicted molar refractivity (Wildman–Crippen MR) is 70.5 cm³/mol. The lowest BCUT2D eigenvalue weighted by molar-refractivity contribution is -0.155. The average Bonchev–Trinajstić information content (AvgIpc) is 2.48. The van der Waals surface area contributed by atoms with E-state index in [-0.39, 0.29) is 17.7 Å². The summed E-state index contributed by atoms with van der Waals surface area (Å²) >= 11 is 0. The van der Waals surface area contributed by atoms with Crippen LogP contribution in [0.4, 0.5) is 0 Å². The highest BCUT2D eigenvalue weighted by atomic mass is 16.5. The first kappa shape index (κ1) is 13.6. The molecule has 20 heavy (non-hydrogen) atoms. The molecule has 1 saturated heterocycles. The second kappa shape index (κ2) is 5.54. The van der Waals surface area contributed by atoms with Gasteiger partial charge in [-0.25, -0.2) is 5.01 Å². The molecule has 6 heteroatoms. The zero-order valence-corrected chi connectivity index (χ0v) is 11.3. The molecule has 6 nitrogen and oxygen atoms in total. The van der Waals surface area contributed by atoms with Crippen LogP contribution in [0.3, 0.4) is 0 Å². The summed E-state index contributed by atoms with van der Waals surface area (Å²) in [6.07, 6.45) is 5.79. The van der Waals surface area contributed by atoms with E-state index in [1.165, 1.54) is 0 Å². The molecule has 1 amide bonds. The van der Waals surface area contributed by atoms with Gasteiger partial charge in [-0.05, 0) is 24.7 Å². The van der Waals surface area contributed by atoms with Crippen molar-refractivity contribution < 1.29 is 19.4 Å². The number of nitrogens with zero attached hydrogens (tertiary/aromatic N) is 1. The summed E-state index contributed by atoms with van der Waals surface area (Å²) in [4.78, 5) is 24.0. The number of carboxylic acids is 1. The number of fused-ring (bicyclic) bond motifs is 2. The molecule has 2 N–H and O–H groups in total. The minimum Gasteiger partial charge on any atom is -0.481 e. The first-order chi connectivity index (χ1) is 9.66. The van der Waals surface area contributed by atoms with Crippen LogP contribution in [0.2, 0.25) is 0 Å². The van der Waals surface area contributed by atoms with E-state index in [2.05, 4.69) is 5.43 Å². The highest BCUT2D eigenvalue weighted by Gasteiger charge is 2.48. The molecule has 0 aromatic heterocycles. The number of carboxylic acid groups (broad SMARTS) is 1. The Morgan fingerprint density at radius 1 is 1.10 bits per heavy atom. The molecule has 4 atom stereocenters. The highest BCUT2D eigenvalue weighted by molar-refractivity contribution is 5.86. The lowest BCUT2D eigenvalue weighted by Gasteiger charge is -2.42. The first-order valence-corrected chi connectivity index (χ1v) is 7.21. The summed E-state index contributed by atoms with van der Waals surface area (Å²) < 4.78 is 5.24. The van der Waals surface area contributed by atoms with Gasteiger partial charge in [0.2, 0.25) is 5.91 Å². The largest absolute Gasteiger partial charge is 0.481 e. The second-order valence-corrected chi connectivity index (χ2v) is 5.76. The lowest BCUT2D eigenvalue weighted by atomic mass is 9.62. The number of hydrazine groups is 1. The number of amides is 1. The van der Waals surface area contributed by atoms with Crippen molar-refractivity contribution in [2.45, 2.75) is 12.8 Å². The summed E-state index contributed by atoms with van der Waals surface area (Å²) in [5.74, 6) is -1.98. The average molecular weight is 280 g/mol. The molecule has 0 unspecified atom stereocenters. The van der Waals surface area contributed by atoms with Crippen molar-refractivity contribution >= 4 is 11.9 Å². The number of hydrogen-bond donors (Lipinski definition) is 2. The number of ether oxygens (including phenoxy) is 1. The normalized spacial score (nSPS) is 36.8. The summed E-state index contributed by atoms with van der Waals surface area (Å²) in [6.45, 7) is 2.50. The number of hydrogen-bond acceptors (Lipinski definition) is 4. The number of carbonyl (C=O) groups excluding carboxylic acids is 1. The van der Waals surface area contributed by atoms with Crippen molar-refractivity contribution in [3.8, 4) is 0 Å². The van der Waals surface area contributed by atoms with E-state index in [0.717, 1.165) is 12.8 Å². The molecule has 1 saturated carbocycles. The topological polar surface area (TPSA) is 78.9 Å².